The van der Waals surface area contributed by atoms with Crippen molar-refractivity contribution in [3.05, 3.63) is 173 Å². The van der Waals surface area contributed by atoms with Crippen molar-refractivity contribution in [3.63, 3.8) is 0 Å². The van der Waals surface area contributed by atoms with E-state index in [9.17, 15) is 0 Å². The van der Waals surface area contributed by atoms with Crippen LogP contribution in [0.2, 0.25) is 0 Å². The highest BCUT2D eigenvalue weighted by molar-refractivity contribution is 7.31. The minimum atomic E-state index is -1.95. The third kappa shape index (κ3) is 6.18. The summed E-state index contributed by atoms with van der Waals surface area (Å²) in [6, 6.07) is 46.0. The van der Waals surface area contributed by atoms with Gasteiger partial charge in [-0.25, -0.2) is 4.99 Å². The fourth-order valence-corrected chi connectivity index (χ4v) is 8.90. The van der Waals surface area contributed by atoms with E-state index in [0.29, 0.717) is 25.3 Å². The van der Waals surface area contributed by atoms with Crippen LogP contribution in [0.4, 0.5) is 0 Å². The van der Waals surface area contributed by atoms with Gasteiger partial charge in [0.05, 0.1) is 0 Å². The van der Waals surface area contributed by atoms with E-state index >= 15 is 0 Å². The van der Waals surface area contributed by atoms with Crippen LogP contribution >= 0.6 is 8.24 Å². The molecule has 6 heteroatoms. The largest absolute Gasteiger partial charge is 0.475 e. The van der Waals surface area contributed by atoms with Crippen molar-refractivity contribution >= 4 is 52.9 Å². The topological polar surface area (TPSA) is 57.1 Å². The van der Waals surface area contributed by atoms with Gasteiger partial charge in [0.2, 0.25) is 5.90 Å². The molecule has 0 N–H and O–H groups in total. The number of allylic oxidation sites excluding steroid dienone is 1. The van der Waals surface area contributed by atoms with Crippen molar-refractivity contribution < 1.29 is 17.7 Å². The van der Waals surface area contributed by atoms with Gasteiger partial charge in [-0.3, -0.25) is 4.52 Å². The van der Waals surface area contributed by atoms with Crippen LogP contribution in [0.1, 0.15) is 39.8 Å². The smallest absolute Gasteiger partial charge is 0.388 e. The molecule has 9 rings (SSSR count). The summed E-state index contributed by atoms with van der Waals surface area (Å²) in [4.78, 5) is 5.29. The van der Waals surface area contributed by atoms with Crippen molar-refractivity contribution in [2.75, 3.05) is 6.61 Å². The molecule has 7 aromatic rings. The Hall–Kier alpha value is -5.35. The molecule has 0 bridgehead atoms. The van der Waals surface area contributed by atoms with Gasteiger partial charge in [-0.15, -0.1) is 0 Å². The zero-order valence-corrected chi connectivity index (χ0v) is 29.4. The molecule has 252 valence electrons. The first-order valence-electron chi connectivity index (χ1n) is 17.7. The lowest BCUT2D eigenvalue weighted by molar-refractivity contribution is 0.0715. The number of aliphatic imine (C=N–C) groups is 1. The summed E-state index contributed by atoms with van der Waals surface area (Å²) in [7, 11) is -1.95. The average molecular weight is 688 g/mol. The van der Waals surface area contributed by atoms with Gasteiger partial charge >= 0.3 is 8.24 Å². The molecule has 0 saturated carbocycles. The Kier molecular flexibility index (Phi) is 8.31. The van der Waals surface area contributed by atoms with Crippen LogP contribution in [0.25, 0.3) is 38.8 Å². The standard InChI is InChI=1S/C45H38NO4P/c1-31-20-22-36(23-21-31)44-46-41(30-47-44)45(28-32-12-4-2-5-13-32,29-33-14-6-3-7-15-33)50-51-48-39-26-24-34-16-8-10-18-37(34)42(39)43-38-19-11-9-17-35(38)25-27-40(43)49-51/h2-10,12-18,20-27,41H,11,19,28-30H2,1H3/t41-,51?/m0/s1. The van der Waals surface area contributed by atoms with Crippen molar-refractivity contribution in [3.8, 4) is 0 Å². The molecule has 1 unspecified atom stereocenters. The van der Waals surface area contributed by atoms with Gasteiger partial charge in [-0.2, -0.15) is 0 Å². The maximum absolute atomic E-state index is 7.44. The quantitative estimate of drug-likeness (QED) is 0.160. The normalized spacial score (nSPS) is 15.9. The molecule has 2 heterocycles. The molecular weight excluding hydrogens is 649 g/mol. The van der Waals surface area contributed by atoms with E-state index in [1.54, 1.807) is 0 Å². The molecule has 0 spiro atoms. The molecule has 1 aromatic heterocycles. The molecule has 0 saturated heterocycles. The minimum Gasteiger partial charge on any atom is -0.475 e. The second-order valence-corrected chi connectivity index (χ2v) is 14.6. The summed E-state index contributed by atoms with van der Waals surface area (Å²) in [5, 5.41) is 4.45. The number of benzene rings is 6. The Balaban J connectivity index is 1.28. The van der Waals surface area contributed by atoms with Gasteiger partial charge in [0.15, 0.2) is 0 Å². The number of nitrogens with zero attached hydrogens (tertiary/aromatic N) is 1. The number of ether oxygens (including phenoxy) is 1. The van der Waals surface area contributed by atoms with Gasteiger partial charge in [0.25, 0.3) is 0 Å². The van der Waals surface area contributed by atoms with Crippen LogP contribution < -0.4 is 4.52 Å². The van der Waals surface area contributed by atoms with Crippen LogP contribution in [0.15, 0.2) is 153 Å². The maximum Gasteiger partial charge on any atom is 0.388 e. The van der Waals surface area contributed by atoms with Crippen molar-refractivity contribution in [2.45, 2.75) is 44.2 Å². The predicted molar refractivity (Wildman–Crippen MR) is 208 cm³/mol. The fraction of sp³-hybridized carbons (Fsp3) is 0.178. The number of hydrogen-bond acceptors (Lipinski definition) is 5. The molecule has 0 fully saturated rings. The first-order chi connectivity index (χ1) is 25.1. The zero-order chi connectivity index (χ0) is 34.2. The maximum atomic E-state index is 7.44. The molecule has 0 amide bonds. The third-order valence-corrected chi connectivity index (χ3v) is 11.4. The van der Waals surface area contributed by atoms with Gasteiger partial charge in [0, 0.05) is 29.2 Å². The fourth-order valence-electron chi connectivity index (χ4n) is 7.61. The first-order valence-corrected chi connectivity index (χ1v) is 18.8. The van der Waals surface area contributed by atoms with Crippen LogP contribution in [-0.2, 0) is 24.0 Å². The lowest BCUT2D eigenvalue weighted by atomic mass is 9.82. The Morgan fingerprint density at radius 1 is 0.725 bits per heavy atom. The van der Waals surface area contributed by atoms with Crippen LogP contribution in [0.3, 0.4) is 0 Å². The van der Waals surface area contributed by atoms with Gasteiger partial charge < -0.3 is 13.1 Å². The van der Waals surface area contributed by atoms with E-state index in [1.807, 2.05) is 12.1 Å². The van der Waals surface area contributed by atoms with Crippen LogP contribution in [-0.4, -0.2) is 24.1 Å². The Labute approximate surface area is 298 Å². The summed E-state index contributed by atoms with van der Waals surface area (Å²) in [5.74, 6) is 0.631. The molecule has 2 aliphatic rings. The molecular formula is C45H38NO4P. The van der Waals surface area contributed by atoms with Crippen molar-refractivity contribution in [1.29, 1.82) is 0 Å². The summed E-state index contributed by atoms with van der Waals surface area (Å²) >= 11 is 0. The molecule has 2 atom stereocenters. The van der Waals surface area contributed by atoms with E-state index in [1.165, 1.54) is 16.7 Å². The average Bonchev–Trinajstić information content (AvgIpc) is 3.61. The second-order valence-electron chi connectivity index (χ2n) is 13.6. The Morgan fingerprint density at radius 3 is 2.14 bits per heavy atom. The molecule has 0 radical (unpaired) electrons. The first kappa shape index (κ1) is 31.6. The summed E-state index contributed by atoms with van der Waals surface area (Å²) in [5.41, 5.74) is 7.61. The summed E-state index contributed by atoms with van der Waals surface area (Å²) < 4.78 is 27.8. The molecule has 1 aliphatic carbocycles. The SMILES string of the molecule is Cc1ccc(C2=N[C@H](C(Cc3ccccc3)(Cc3ccccc3)Op3oc4ccc5c(c4c4c(ccc6ccccc64)o3)CCC=C5)CO2)cc1. The van der Waals surface area contributed by atoms with Crippen molar-refractivity contribution in [1.82, 2.24) is 0 Å². The van der Waals surface area contributed by atoms with Crippen LogP contribution in [0.5, 0.6) is 0 Å². The Bertz CT molecular complexity index is 2430. The molecule has 6 aromatic carbocycles. The highest BCUT2D eigenvalue weighted by Crippen LogP contribution is 2.44. The number of hydrogen-bond donors (Lipinski definition) is 0. The summed E-state index contributed by atoms with van der Waals surface area (Å²) in [6.07, 6.45) is 7.55. The number of rotatable bonds is 8. The molecule has 1 aliphatic heterocycles. The van der Waals surface area contributed by atoms with Crippen LogP contribution in [0, 0.1) is 6.92 Å². The van der Waals surface area contributed by atoms with E-state index in [4.69, 9.17) is 22.6 Å². The van der Waals surface area contributed by atoms with E-state index in [2.05, 4.69) is 140 Å². The molecule has 51 heavy (non-hydrogen) atoms. The lowest BCUT2D eigenvalue weighted by Crippen LogP contribution is -2.51. The third-order valence-electron chi connectivity index (χ3n) is 10.2. The highest BCUT2D eigenvalue weighted by atomic mass is 31.1. The van der Waals surface area contributed by atoms with Gasteiger partial charge in [0.1, 0.15) is 29.4 Å². The zero-order valence-electron chi connectivity index (χ0n) is 28.5. The van der Waals surface area contributed by atoms with E-state index in [-0.39, 0.29) is 6.04 Å². The monoisotopic (exact) mass is 687 g/mol. The molecule has 5 nitrogen and oxygen atoms in total. The van der Waals surface area contributed by atoms with Gasteiger partial charge in [-0.05, 0) is 77.1 Å². The van der Waals surface area contributed by atoms with Gasteiger partial charge in [-0.1, -0.05) is 127 Å². The second kappa shape index (κ2) is 13.4. The van der Waals surface area contributed by atoms with Crippen molar-refractivity contribution in [2.24, 2.45) is 4.99 Å². The minimum absolute atomic E-state index is 0.337. The van der Waals surface area contributed by atoms with E-state index < -0.39 is 13.8 Å². The highest BCUT2D eigenvalue weighted by Gasteiger charge is 2.46. The predicted octanol–water partition coefficient (Wildman–Crippen LogP) is 11.2. The lowest BCUT2D eigenvalue weighted by Gasteiger charge is -2.35. The van der Waals surface area contributed by atoms with E-state index in [0.717, 1.165) is 62.2 Å². The Morgan fingerprint density at radius 2 is 1.39 bits per heavy atom. The summed E-state index contributed by atoms with van der Waals surface area (Å²) in [6.45, 7) is 2.46. The number of aryl methyl sites for hydroxylation is 2. The number of fused-ring (bicyclic) bond motifs is 7.